The van der Waals surface area contributed by atoms with E-state index < -0.39 is 0 Å². The van der Waals surface area contributed by atoms with Crippen molar-refractivity contribution >= 4 is 0 Å². The Hall–Kier alpha value is -3.20. The Morgan fingerprint density at radius 1 is 0.512 bits per heavy atom. The largest absolute Gasteiger partial charge is 0.278 e. The lowest BCUT2D eigenvalue weighted by Crippen LogP contribution is -2.36. The summed E-state index contributed by atoms with van der Waals surface area (Å²) in [4.78, 5) is 0. The zero-order chi connectivity index (χ0) is 30.7. The van der Waals surface area contributed by atoms with Crippen LogP contribution in [0.4, 0.5) is 0 Å². The molecule has 0 saturated heterocycles. The normalized spacial score (nSPS) is 13.1. The van der Waals surface area contributed by atoms with Crippen molar-refractivity contribution < 1.29 is 0 Å². The van der Waals surface area contributed by atoms with Crippen LogP contribution in [0.25, 0.3) is 28.2 Å². The molecule has 4 aromatic rings. The summed E-state index contributed by atoms with van der Waals surface area (Å²) in [7, 11) is 0. The predicted molar refractivity (Wildman–Crippen MR) is 176 cm³/mol. The Labute approximate surface area is 249 Å². The number of rotatable bonds is 4. The van der Waals surface area contributed by atoms with E-state index in [4.69, 9.17) is 10.2 Å². The number of hydrogen-bond donors (Lipinski definition) is 0. The molecule has 0 fully saturated rings. The lowest BCUT2D eigenvalue weighted by Gasteiger charge is -2.38. The maximum atomic E-state index is 4.87. The topological polar surface area (TPSA) is 30.7 Å². The molecule has 0 aliphatic carbocycles. The molecule has 0 unspecified atom stereocenters. The van der Waals surface area contributed by atoms with Crippen molar-refractivity contribution in [2.75, 3.05) is 0 Å². The predicted octanol–water partition coefficient (Wildman–Crippen LogP) is 10.4. The summed E-state index contributed by atoms with van der Waals surface area (Å²) in [6, 6.07) is 20.6. The molecule has 0 N–H and O–H groups in total. The molecule has 0 atom stereocenters. The molecular weight excluding hydrogens is 498 g/mol. The molecule has 218 valence electrons. The highest BCUT2D eigenvalue weighted by atomic mass is 15.3. The molecule has 4 rings (SSSR count). The second-order valence-corrected chi connectivity index (χ2v) is 15.7. The third kappa shape index (κ3) is 5.92. The zero-order valence-corrected chi connectivity index (χ0v) is 28.0. The highest BCUT2D eigenvalue weighted by molar-refractivity contribution is 5.70. The van der Waals surface area contributed by atoms with E-state index >= 15 is 0 Å². The number of benzene rings is 3. The molecule has 0 bridgehead atoms. The average molecular weight is 550 g/mol. The van der Waals surface area contributed by atoms with Gasteiger partial charge in [0, 0.05) is 11.0 Å². The van der Waals surface area contributed by atoms with Crippen molar-refractivity contribution in [1.29, 1.82) is 0 Å². The Bertz CT molecular complexity index is 1550. The Kier molecular flexibility index (Phi) is 7.70. The quantitative estimate of drug-likeness (QED) is 0.253. The fourth-order valence-electron chi connectivity index (χ4n) is 5.07. The third-order valence-corrected chi connectivity index (χ3v) is 9.30. The summed E-state index contributed by atoms with van der Waals surface area (Å²) < 4.78 is 2.31. The molecule has 0 saturated carbocycles. The van der Waals surface area contributed by atoms with Crippen molar-refractivity contribution in [3.63, 3.8) is 0 Å². The highest BCUT2D eigenvalue weighted by Crippen LogP contribution is 2.43. The Balaban J connectivity index is 1.95. The van der Waals surface area contributed by atoms with Crippen LogP contribution in [-0.4, -0.2) is 14.8 Å². The number of hydrogen-bond acceptors (Lipinski definition) is 2. The molecule has 3 nitrogen and oxygen atoms in total. The van der Waals surface area contributed by atoms with E-state index in [0.717, 1.165) is 22.9 Å². The molecule has 0 amide bonds. The van der Waals surface area contributed by atoms with Crippen molar-refractivity contribution in [2.24, 2.45) is 5.41 Å². The molecule has 3 heteroatoms. The first-order valence-electron chi connectivity index (χ1n) is 15.0. The molecule has 1 heterocycles. The van der Waals surface area contributed by atoms with Crippen molar-refractivity contribution in [3.8, 4) is 28.2 Å². The minimum Gasteiger partial charge on any atom is -0.278 e. The molecule has 0 radical (unpaired) electrons. The number of aryl methyl sites for hydroxylation is 3. The van der Waals surface area contributed by atoms with Crippen LogP contribution in [0, 0.1) is 26.2 Å². The summed E-state index contributed by atoms with van der Waals surface area (Å²) >= 11 is 0. The van der Waals surface area contributed by atoms with Gasteiger partial charge in [-0.2, -0.15) is 0 Å². The summed E-state index contributed by atoms with van der Waals surface area (Å²) in [5.74, 6) is 1.87. The number of nitrogens with zero attached hydrogens (tertiary/aromatic N) is 3. The summed E-state index contributed by atoms with van der Waals surface area (Å²) in [5.41, 5.74) is 11.1. The second kappa shape index (κ2) is 10.3. The van der Waals surface area contributed by atoms with E-state index in [2.05, 4.69) is 156 Å². The first kappa shape index (κ1) is 30.8. The van der Waals surface area contributed by atoms with Gasteiger partial charge in [-0.15, -0.1) is 10.2 Å². The van der Waals surface area contributed by atoms with Crippen molar-refractivity contribution in [2.45, 2.75) is 113 Å². The van der Waals surface area contributed by atoms with Crippen LogP contribution in [0.3, 0.4) is 0 Å². The van der Waals surface area contributed by atoms with Crippen LogP contribution in [0.1, 0.15) is 110 Å². The van der Waals surface area contributed by atoms with Crippen molar-refractivity contribution in [3.05, 3.63) is 88.2 Å². The standard InChI is InChI=1S/C38H51N3/c1-24-15-16-28(19-25(24)2)33-39-40-34(38(13,14)37(10,11)12)41(33)32-18-17-27(20-26(32)3)29-21-30(35(4,5)6)23-31(22-29)36(7,8)9/h15-23H,1-14H3. The minimum absolute atomic E-state index is 0.0111. The fourth-order valence-corrected chi connectivity index (χ4v) is 5.07. The van der Waals surface area contributed by atoms with Gasteiger partial charge in [0.25, 0.3) is 0 Å². The highest BCUT2D eigenvalue weighted by Gasteiger charge is 2.40. The van der Waals surface area contributed by atoms with Gasteiger partial charge in [-0.05, 0) is 94.2 Å². The van der Waals surface area contributed by atoms with E-state index in [1.165, 1.54) is 38.9 Å². The van der Waals surface area contributed by atoms with Gasteiger partial charge in [-0.1, -0.05) is 113 Å². The Morgan fingerprint density at radius 3 is 1.54 bits per heavy atom. The van der Waals surface area contributed by atoms with Crippen LogP contribution >= 0.6 is 0 Å². The summed E-state index contributed by atoms with van der Waals surface area (Å²) in [5, 5.41) is 9.70. The SMILES string of the molecule is Cc1ccc(-c2nnc(C(C)(C)C(C)(C)C)n2-c2ccc(-c3cc(C(C)(C)C)cc(C(C)(C)C)c3)cc2C)cc1C. The summed E-state index contributed by atoms with van der Waals surface area (Å²) in [6.45, 7) is 31.7. The first-order valence-corrected chi connectivity index (χ1v) is 15.0. The molecule has 0 aliphatic heterocycles. The van der Waals surface area contributed by atoms with Gasteiger partial charge in [0.15, 0.2) is 5.82 Å². The van der Waals surface area contributed by atoms with Gasteiger partial charge in [0.1, 0.15) is 5.82 Å². The van der Waals surface area contributed by atoms with Gasteiger partial charge in [0.2, 0.25) is 0 Å². The summed E-state index contributed by atoms with van der Waals surface area (Å²) in [6.07, 6.45) is 0. The minimum atomic E-state index is -0.217. The molecule has 1 aromatic heterocycles. The van der Waals surface area contributed by atoms with E-state index in [-0.39, 0.29) is 21.7 Å². The van der Waals surface area contributed by atoms with Crippen LogP contribution in [0.5, 0.6) is 0 Å². The second-order valence-electron chi connectivity index (χ2n) is 15.7. The molecule has 3 aromatic carbocycles. The van der Waals surface area contributed by atoms with E-state index in [1.54, 1.807) is 0 Å². The van der Waals surface area contributed by atoms with Gasteiger partial charge in [-0.3, -0.25) is 4.57 Å². The average Bonchev–Trinajstić information content (AvgIpc) is 3.29. The van der Waals surface area contributed by atoms with Gasteiger partial charge in [0.05, 0.1) is 5.69 Å². The van der Waals surface area contributed by atoms with Crippen LogP contribution in [-0.2, 0) is 16.2 Å². The Morgan fingerprint density at radius 2 is 1.05 bits per heavy atom. The van der Waals surface area contributed by atoms with Gasteiger partial charge >= 0.3 is 0 Å². The van der Waals surface area contributed by atoms with E-state index in [0.29, 0.717) is 0 Å². The van der Waals surface area contributed by atoms with Crippen molar-refractivity contribution in [1.82, 2.24) is 14.8 Å². The molecule has 0 spiro atoms. The zero-order valence-electron chi connectivity index (χ0n) is 28.0. The van der Waals surface area contributed by atoms with E-state index in [9.17, 15) is 0 Å². The lowest BCUT2D eigenvalue weighted by molar-refractivity contribution is 0.211. The molecule has 41 heavy (non-hydrogen) atoms. The third-order valence-electron chi connectivity index (χ3n) is 9.30. The molecule has 0 aliphatic rings. The maximum Gasteiger partial charge on any atom is 0.168 e. The number of aromatic nitrogens is 3. The van der Waals surface area contributed by atoms with Crippen LogP contribution in [0.15, 0.2) is 54.6 Å². The smallest absolute Gasteiger partial charge is 0.168 e. The lowest BCUT2D eigenvalue weighted by atomic mass is 9.68. The maximum absolute atomic E-state index is 4.87. The van der Waals surface area contributed by atoms with E-state index in [1.807, 2.05) is 0 Å². The molecular formula is C38H51N3. The van der Waals surface area contributed by atoms with Crippen LogP contribution < -0.4 is 0 Å². The monoisotopic (exact) mass is 549 g/mol. The van der Waals surface area contributed by atoms with Crippen LogP contribution in [0.2, 0.25) is 0 Å². The fraction of sp³-hybridized carbons (Fsp3) is 0.474. The first-order chi connectivity index (χ1) is 18.7. The van der Waals surface area contributed by atoms with Gasteiger partial charge < -0.3 is 0 Å². The van der Waals surface area contributed by atoms with Gasteiger partial charge in [-0.25, -0.2) is 0 Å².